The summed E-state index contributed by atoms with van der Waals surface area (Å²) in [6.07, 6.45) is 2.58. The Hall–Kier alpha value is -3.03. The largest absolute Gasteiger partial charge is 0.324 e. The van der Waals surface area contributed by atoms with Gasteiger partial charge in [0, 0.05) is 23.2 Å². The number of thiazole rings is 1. The Balaban J connectivity index is 1.49. The molecule has 0 unspecified atom stereocenters. The SMILES string of the molecule is Cc1cccc(Cc2cnc(NC(=O)CN(C)CC(=O)Nc3c(C)cc(C)cc3C)s2)c1. The molecular weight excluding hydrogens is 420 g/mol. The molecular formula is C25H30N4O2S. The number of anilines is 2. The highest BCUT2D eigenvalue weighted by atomic mass is 32.1. The summed E-state index contributed by atoms with van der Waals surface area (Å²) in [4.78, 5) is 31.9. The Labute approximate surface area is 193 Å². The third-order valence-corrected chi connectivity index (χ3v) is 5.94. The van der Waals surface area contributed by atoms with Crippen molar-refractivity contribution < 1.29 is 9.59 Å². The second-order valence-electron chi connectivity index (χ2n) is 8.34. The predicted octanol–water partition coefficient (Wildman–Crippen LogP) is 4.48. The third-order valence-electron chi connectivity index (χ3n) is 5.03. The molecule has 0 aliphatic heterocycles. The Morgan fingerprint density at radius 1 is 0.938 bits per heavy atom. The van der Waals surface area contributed by atoms with Gasteiger partial charge >= 0.3 is 0 Å². The highest BCUT2D eigenvalue weighted by Crippen LogP contribution is 2.23. The number of hydrogen-bond donors (Lipinski definition) is 2. The zero-order chi connectivity index (χ0) is 23.3. The van der Waals surface area contributed by atoms with Crippen molar-refractivity contribution in [2.75, 3.05) is 30.8 Å². The highest BCUT2D eigenvalue weighted by molar-refractivity contribution is 7.15. The Kier molecular flexibility index (Phi) is 7.77. The van der Waals surface area contributed by atoms with Crippen LogP contribution in [0.5, 0.6) is 0 Å². The van der Waals surface area contributed by atoms with E-state index >= 15 is 0 Å². The van der Waals surface area contributed by atoms with Gasteiger partial charge in [-0.3, -0.25) is 14.5 Å². The lowest BCUT2D eigenvalue weighted by Crippen LogP contribution is -2.36. The molecule has 2 amide bonds. The van der Waals surface area contributed by atoms with Crippen molar-refractivity contribution in [1.29, 1.82) is 0 Å². The summed E-state index contributed by atoms with van der Waals surface area (Å²) in [5, 5.41) is 6.37. The summed E-state index contributed by atoms with van der Waals surface area (Å²) in [7, 11) is 1.75. The van der Waals surface area contributed by atoms with Crippen molar-refractivity contribution in [3.8, 4) is 0 Å². The van der Waals surface area contributed by atoms with E-state index in [1.165, 1.54) is 22.5 Å². The Morgan fingerprint density at radius 2 is 1.59 bits per heavy atom. The van der Waals surface area contributed by atoms with Gasteiger partial charge in [-0.05, 0) is 51.4 Å². The smallest absolute Gasteiger partial charge is 0.240 e. The van der Waals surface area contributed by atoms with Gasteiger partial charge in [0.05, 0.1) is 13.1 Å². The van der Waals surface area contributed by atoms with E-state index in [9.17, 15) is 9.59 Å². The molecule has 7 heteroatoms. The molecule has 2 N–H and O–H groups in total. The number of nitrogens with one attached hydrogen (secondary N) is 2. The number of likely N-dealkylation sites (N-methyl/N-ethyl adjacent to an activating group) is 1. The number of carbonyl (C=O) groups is 2. The lowest BCUT2D eigenvalue weighted by Gasteiger charge is -2.17. The molecule has 0 spiro atoms. The highest BCUT2D eigenvalue weighted by Gasteiger charge is 2.14. The van der Waals surface area contributed by atoms with Gasteiger partial charge in [-0.25, -0.2) is 4.98 Å². The van der Waals surface area contributed by atoms with Gasteiger partial charge < -0.3 is 10.6 Å². The van der Waals surface area contributed by atoms with Crippen LogP contribution in [0.2, 0.25) is 0 Å². The van der Waals surface area contributed by atoms with E-state index in [0.717, 1.165) is 33.7 Å². The van der Waals surface area contributed by atoms with E-state index < -0.39 is 0 Å². The predicted molar refractivity (Wildman–Crippen MR) is 132 cm³/mol. The average Bonchev–Trinajstić information content (AvgIpc) is 3.11. The molecule has 0 radical (unpaired) electrons. The van der Waals surface area contributed by atoms with Crippen LogP contribution < -0.4 is 10.6 Å². The lowest BCUT2D eigenvalue weighted by molar-refractivity contribution is -0.119. The Morgan fingerprint density at radius 3 is 2.25 bits per heavy atom. The molecule has 0 aliphatic rings. The zero-order valence-corrected chi connectivity index (χ0v) is 20.1. The number of aromatic nitrogens is 1. The van der Waals surface area contributed by atoms with E-state index in [1.807, 2.05) is 39.0 Å². The van der Waals surface area contributed by atoms with Gasteiger partial charge in [0.1, 0.15) is 0 Å². The van der Waals surface area contributed by atoms with Crippen molar-refractivity contribution in [2.45, 2.75) is 34.1 Å². The molecule has 32 heavy (non-hydrogen) atoms. The quantitative estimate of drug-likeness (QED) is 0.531. The van der Waals surface area contributed by atoms with E-state index in [4.69, 9.17) is 0 Å². The van der Waals surface area contributed by atoms with E-state index in [-0.39, 0.29) is 24.9 Å². The van der Waals surface area contributed by atoms with Gasteiger partial charge in [-0.1, -0.05) is 47.5 Å². The standard InChI is InChI=1S/C25H30N4O2S/c1-16-7-6-8-20(11-16)12-21-13-26-25(32-21)28-23(31)15-29(5)14-22(30)27-24-18(3)9-17(2)10-19(24)4/h6-11,13H,12,14-15H2,1-5H3,(H,27,30)(H,26,28,31). The van der Waals surface area contributed by atoms with Gasteiger partial charge in [0.15, 0.2) is 5.13 Å². The minimum absolute atomic E-state index is 0.103. The molecule has 0 saturated carbocycles. The normalized spacial score (nSPS) is 10.9. The molecule has 0 saturated heterocycles. The number of aryl methyl sites for hydroxylation is 4. The Bertz CT molecular complexity index is 1100. The van der Waals surface area contributed by atoms with Crippen molar-refractivity contribution in [1.82, 2.24) is 9.88 Å². The fraction of sp³-hybridized carbons (Fsp3) is 0.320. The molecule has 6 nitrogen and oxygen atoms in total. The van der Waals surface area contributed by atoms with E-state index in [0.29, 0.717) is 5.13 Å². The van der Waals surface area contributed by atoms with E-state index in [1.54, 1.807) is 18.1 Å². The first-order valence-corrected chi connectivity index (χ1v) is 11.4. The van der Waals surface area contributed by atoms with Gasteiger partial charge in [0.2, 0.25) is 11.8 Å². The van der Waals surface area contributed by atoms with Crippen LogP contribution >= 0.6 is 11.3 Å². The first kappa shape index (κ1) is 23.6. The molecule has 0 fully saturated rings. The lowest BCUT2D eigenvalue weighted by atomic mass is 10.1. The molecule has 3 aromatic rings. The number of hydrogen-bond acceptors (Lipinski definition) is 5. The molecule has 168 valence electrons. The molecule has 0 aliphatic carbocycles. The van der Waals surface area contributed by atoms with Crippen molar-refractivity contribution in [2.24, 2.45) is 0 Å². The number of rotatable bonds is 8. The second kappa shape index (κ2) is 10.5. The fourth-order valence-corrected chi connectivity index (χ4v) is 4.59. The molecule has 2 aromatic carbocycles. The first-order valence-electron chi connectivity index (χ1n) is 10.6. The first-order chi connectivity index (χ1) is 15.2. The van der Waals surface area contributed by atoms with Crippen molar-refractivity contribution in [3.05, 3.63) is 75.3 Å². The number of benzene rings is 2. The summed E-state index contributed by atoms with van der Waals surface area (Å²) in [5.41, 5.74) is 6.50. The maximum Gasteiger partial charge on any atom is 0.240 e. The monoisotopic (exact) mass is 450 g/mol. The van der Waals surface area contributed by atoms with Crippen LogP contribution in [0.15, 0.2) is 42.6 Å². The summed E-state index contributed by atoms with van der Waals surface area (Å²) < 4.78 is 0. The summed E-state index contributed by atoms with van der Waals surface area (Å²) >= 11 is 1.47. The maximum atomic E-state index is 12.5. The molecule has 1 heterocycles. The zero-order valence-electron chi connectivity index (χ0n) is 19.3. The molecule has 3 rings (SSSR count). The van der Waals surface area contributed by atoms with Crippen LogP contribution in [0.4, 0.5) is 10.8 Å². The second-order valence-corrected chi connectivity index (χ2v) is 9.46. The molecule has 0 atom stereocenters. The van der Waals surface area contributed by atoms with Crippen LogP contribution in [0.25, 0.3) is 0 Å². The van der Waals surface area contributed by atoms with Crippen molar-refractivity contribution >= 4 is 34.0 Å². The topological polar surface area (TPSA) is 74.3 Å². The minimum atomic E-state index is -0.195. The van der Waals surface area contributed by atoms with Crippen LogP contribution in [0, 0.1) is 27.7 Å². The maximum absolute atomic E-state index is 12.5. The van der Waals surface area contributed by atoms with Crippen LogP contribution in [0.1, 0.15) is 32.7 Å². The van der Waals surface area contributed by atoms with Gasteiger partial charge in [0.25, 0.3) is 0 Å². The van der Waals surface area contributed by atoms with Gasteiger partial charge in [-0.15, -0.1) is 11.3 Å². The van der Waals surface area contributed by atoms with Crippen LogP contribution in [0.3, 0.4) is 0 Å². The van der Waals surface area contributed by atoms with Crippen LogP contribution in [-0.4, -0.2) is 41.8 Å². The van der Waals surface area contributed by atoms with Gasteiger partial charge in [-0.2, -0.15) is 0 Å². The summed E-state index contributed by atoms with van der Waals surface area (Å²) in [6.45, 7) is 8.29. The molecule has 0 bridgehead atoms. The third kappa shape index (κ3) is 6.73. The number of amides is 2. The minimum Gasteiger partial charge on any atom is -0.324 e. The number of carbonyl (C=O) groups excluding carboxylic acids is 2. The van der Waals surface area contributed by atoms with Crippen LogP contribution in [-0.2, 0) is 16.0 Å². The van der Waals surface area contributed by atoms with Crippen molar-refractivity contribution in [3.63, 3.8) is 0 Å². The summed E-state index contributed by atoms with van der Waals surface area (Å²) in [6, 6.07) is 12.4. The average molecular weight is 451 g/mol. The summed E-state index contributed by atoms with van der Waals surface area (Å²) in [5.74, 6) is -0.343. The van der Waals surface area contributed by atoms with E-state index in [2.05, 4.69) is 40.7 Å². The molecule has 1 aromatic heterocycles. The fourth-order valence-electron chi connectivity index (χ4n) is 3.73. The number of nitrogens with zero attached hydrogens (tertiary/aromatic N) is 2.